The first kappa shape index (κ1) is 31.5. The molecule has 2 aliphatic carbocycles. The van der Waals surface area contributed by atoms with E-state index < -0.39 is 12.1 Å². The van der Waals surface area contributed by atoms with Crippen LogP contribution in [-0.4, -0.2) is 90.5 Å². The summed E-state index contributed by atoms with van der Waals surface area (Å²) < 4.78 is 6.41. The third kappa shape index (κ3) is 6.04. The number of aromatic nitrogens is 1. The zero-order chi connectivity index (χ0) is 32.1. The number of aromatic amines is 1. The Labute approximate surface area is 273 Å². The molecule has 0 radical (unpaired) electrons. The highest BCUT2D eigenvalue weighted by molar-refractivity contribution is 5.94. The number of carbonyl (C=O) groups is 3. The van der Waals surface area contributed by atoms with Crippen LogP contribution in [0.25, 0.3) is 10.9 Å². The highest BCUT2D eigenvalue weighted by atomic mass is 16.5. The van der Waals surface area contributed by atoms with Crippen molar-refractivity contribution in [2.24, 2.45) is 28.6 Å². The Morgan fingerprint density at radius 2 is 1.67 bits per heavy atom. The molecule has 4 heterocycles. The van der Waals surface area contributed by atoms with E-state index in [4.69, 9.17) is 4.74 Å². The first-order valence-corrected chi connectivity index (χ1v) is 18.0. The molecule has 3 saturated heterocycles. The van der Waals surface area contributed by atoms with Crippen molar-refractivity contribution in [1.29, 1.82) is 0 Å². The van der Waals surface area contributed by atoms with Crippen LogP contribution in [0.3, 0.4) is 0 Å². The van der Waals surface area contributed by atoms with Crippen LogP contribution in [0, 0.1) is 28.6 Å². The molecule has 9 nitrogen and oxygen atoms in total. The SMILES string of the molecule is C[C@@H](OCC1CCCCC1)[C@@H](NC(=O)[C@@H]1CN(c2cccc3[nH]ccc23)CC12CN(C(=O)[C@H]1CC1(C)C)C2)C(=O)N1CCCCC1. The van der Waals surface area contributed by atoms with Crippen LogP contribution >= 0.6 is 0 Å². The number of benzene rings is 1. The summed E-state index contributed by atoms with van der Waals surface area (Å²) in [5.74, 6) is 0.369. The zero-order valence-electron chi connectivity index (χ0n) is 28.1. The predicted molar refractivity (Wildman–Crippen MR) is 179 cm³/mol. The van der Waals surface area contributed by atoms with Crippen LogP contribution in [0.2, 0.25) is 0 Å². The summed E-state index contributed by atoms with van der Waals surface area (Å²) >= 11 is 0. The van der Waals surface area contributed by atoms with Crippen LogP contribution in [0.4, 0.5) is 5.69 Å². The number of hydrogen-bond acceptors (Lipinski definition) is 5. The Hall–Kier alpha value is -3.07. The van der Waals surface area contributed by atoms with E-state index in [1.54, 1.807) is 0 Å². The molecule has 2 N–H and O–H groups in total. The smallest absolute Gasteiger partial charge is 0.247 e. The maximum atomic E-state index is 14.5. The second kappa shape index (κ2) is 12.5. The standard InChI is InChI=1S/C37H53N5O4/c1-25(46-21-26-11-6-4-7-12-26)32(35(45)40-17-8-5-9-18-40)39-33(43)29-20-41(31-14-10-13-30-27(31)15-16-38-30)22-37(29)23-42(24-37)34(44)28-19-36(28,2)3/h10,13-16,25-26,28-29,32,38H,4-9,11-12,17-24H2,1-3H3,(H,39,43)/t25-,28-,29+,32-/m1/s1. The van der Waals surface area contributed by atoms with Gasteiger partial charge in [0.1, 0.15) is 6.04 Å². The average Bonchev–Trinajstić information content (AvgIpc) is 3.38. The van der Waals surface area contributed by atoms with Crippen molar-refractivity contribution in [2.45, 2.75) is 90.7 Å². The average molecular weight is 632 g/mol. The summed E-state index contributed by atoms with van der Waals surface area (Å²) in [5, 5.41) is 4.40. The minimum atomic E-state index is -0.724. The Bertz CT molecular complexity index is 1430. The molecule has 250 valence electrons. The van der Waals surface area contributed by atoms with Gasteiger partial charge in [-0.25, -0.2) is 0 Å². The molecule has 9 heteroatoms. The quantitative estimate of drug-likeness (QED) is 0.408. The van der Waals surface area contributed by atoms with E-state index in [9.17, 15) is 14.4 Å². The highest BCUT2D eigenvalue weighted by Gasteiger charge is 2.61. The summed E-state index contributed by atoms with van der Waals surface area (Å²) in [6.07, 6.45) is 11.7. The van der Waals surface area contributed by atoms with Crippen LogP contribution in [-0.2, 0) is 19.1 Å². The Kier molecular flexibility index (Phi) is 8.57. The normalized spacial score (nSPS) is 27.0. The lowest BCUT2D eigenvalue weighted by Gasteiger charge is -2.51. The number of nitrogens with one attached hydrogen (secondary N) is 2. The fourth-order valence-electron chi connectivity index (χ4n) is 8.84. The van der Waals surface area contributed by atoms with E-state index in [1.807, 2.05) is 22.9 Å². The number of fused-ring (bicyclic) bond motifs is 1. The van der Waals surface area contributed by atoms with E-state index >= 15 is 0 Å². The largest absolute Gasteiger partial charge is 0.376 e. The molecule has 5 fully saturated rings. The van der Waals surface area contributed by atoms with Gasteiger partial charge in [-0.05, 0) is 75.0 Å². The second-order valence-electron chi connectivity index (χ2n) is 15.9. The van der Waals surface area contributed by atoms with Crippen molar-refractivity contribution < 1.29 is 19.1 Å². The maximum absolute atomic E-state index is 14.5. The van der Waals surface area contributed by atoms with Gasteiger partial charge in [0, 0.05) is 80.0 Å². The topological polar surface area (TPSA) is 98.0 Å². The third-order valence-electron chi connectivity index (χ3n) is 12.0. The van der Waals surface area contributed by atoms with Gasteiger partial charge in [0.15, 0.2) is 0 Å². The van der Waals surface area contributed by atoms with Gasteiger partial charge >= 0.3 is 0 Å². The summed E-state index contributed by atoms with van der Waals surface area (Å²) in [6.45, 7) is 10.8. The summed E-state index contributed by atoms with van der Waals surface area (Å²) in [7, 11) is 0. The molecule has 2 saturated carbocycles. The van der Waals surface area contributed by atoms with Crippen molar-refractivity contribution >= 4 is 34.3 Å². The fraction of sp³-hybridized carbons (Fsp3) is 0.703. The first-order valence-electron chi connectivity index (χ1n) is 18.0. The van der Waals surface area contributed by atoms with Gasteiger partial charge in [-0.3, -0.25) is 14.4 Å². The van der Waals surface area contributed by atoms with Crippen molar-refractivity contribution in [1.82, 2.24) is 20.1 Å². The lowest BCUT2D eigenvalue weighted by Crippen LogP contribution is -2.65. The number of anilines is 1. The summed E-state index contributed by atoms with van der Waals surface area (Å²) in [5.41, 5.74) is 1.88. The fourth-order valence-corrected chi connectivity index (χ4v) is 8.84. The molecule has 0 unspecified atom stereocenters. The summed E-state index contributed by atoms with van der Waals surface area (Å²) in [6, 6.07) is 7.62. The second-order valence-corrected chi connectivity index (χ2v) is 15.9. The molecule has 7 rings (SSSR count). The van der Waals surface area contributed by atoms with Gasteiger partial charge in [-0.1, -0.05) is 39.2 Å². The van der Waals surface area contributed by atoms with Crippen LogP contribution in [0.5, 0.6) is 0 Å². The van der Waals surface area contributed by atoms with Gasteiger partial charge in [-0.2, -0.15) is 0 Å². The molecule has 1 spiro atoms. The molecule has 1 aromatic carbocycles. The van der Waals surface area contributed by atoms with Crippen molar-refractivity contribution in [3.05, 3.63) is 30.5 Å². The lowest BCUT2D eigenvalue weighted by atomic mass is 9.70. The van der Waals surface area contributed by atoms with Crippen LogP contribution < -0.4 is 10.2 Å². The summed E-state index contributed by atoms with van der Waals surface area (Å²) in [4.78, 5) is 51.5. The maximum Gasteiger partial charge on any atom is 0.247 e. The number of carbonyl (C=O) groups excluding carboxylic acids is 3. The third-order valence-corrected chi connectivity index (χ3v) is 12.0. The number of ether oxygens (including phenoxy) is 1. The van der Waals surface area contributed by atoms with Crippen LogP contribution in [0.1, 0.15) is 78.6 Å². The minimum Gasteiger partial charge on any atom is -0.376 e. The number of likely N-dealkylation sites (tertiary alicyclic amines) is 2. The van der Waals surface area contributed by atoms with E-state index in [0.717, 1.165) is 55.4 Å². The van der Waals surface area contributed by atoms with Gasteiger partial charge in [0.05, 0.1) is 12.0 Å². The molecule has 0 bridgehead atoms. The number of piperidine rings is 1. The van der Waals surface area contributed by atoms with Crippen molar-refractivity contribution in [3.8, 4) is 0 Å². The Morgan fingerprint density at radius 3 is 2.39 bits per heavy atom. The molecule has 3 amide bonds. The van der Waals surface area contributed by atoms with Gasteiger partial charge in [-0.15, -0.1) is 0 Å². The molecule has 1 aromatic heterocycles. The monoisotopic (exact) mass is 631 g/mol. The number of rotatable bonds is 9. The number of amides is 3. The van der Waals surface area contributed by atoms with E-state index in [2.05, 4.69) is 53.3 Å². The molecular formula is C37H53N5O4. The lowest BCUT2D eigenvalue weighted by molar-refractivity contribution is -0.153. The van der Waals surface area contributed by atoms with Crippen molar-refractivity contribution in [3.63, 3.8) is 0 Å². The Morgan fingerprint density at radius 1 is 0.957 bits per heavy atom. The molecule has 4 atom stereocenters. The molecule has 3 aliphatic heterocycles. The predicted octanol–water partition coefficient (Wildman–Crippen LogP) is 4.96. The van der Waals surface area contributed by atoms with Gasteiger partial charge in [0.2, 0.25) is 17.7 Å². The highest BCUT2D eigenvalue weighted by Crippen LogP contribution is 2.55. The van der Waals surface area contributed by atoms with Crippen LogP contribution in [0.15, 0.2) is 30.5 Å². The van der Waals surface area contributed by atoms with E-state index in [0.29, 0.717) is 38.7 Å². The molecule has 2 aromatic rings. The van der Waals surface area contributed by atoms with E-state index in [-0.39, 0.29) is 40.4 Å². The zero-order valence-corrected chi connectivity index (χ0v) is 28.1. The van der Waals surface area contributed by atoms with Gasteiger partial charge < -0.3 is 29.7 Å². The molecule has 46 heavy (non-hydrogen) atoms. The van der Waals surface area contributed by atoms with Gasteiger partial charge in [0.25, 0.3) is 0 Å². The number of H-pyrrole nitrogens is 1. The van der Waals surface area contributed by atoms with E-state index in [1.165, 1.54) is 32.1 Å². The molecule has 5 aliphatic rings. The Balaban J connectivity index is 1.12. The van der Waals surface area contributed by atoms with Crippen molar-refractivity contribution in [2.75, 3.05) is 50.8 Å². The first-order chi connectivity index (χ1) is 22.1. The molecular weight excluding hydrogens is 578 g/mol. The number of nitrogens with zero attached hydrogens (tertiary/aromatic N) is 3. The minimum absolute atomic E-state index is 0.0217. The number of hydrogen-bond donors (Lipinski definition) is 2.